The number of hydrogen-bond donors (Lipinski definition) is 2. The van der Waals surface area contributed by atoms with E-state index in [-0.39, 0.29) is 5.56 Å². The van der Waals surface area contributed by atoms with E-state index in [1.807, 2.05) is 0 Å². The predicted molar refractivity (Wildman–Crippen MR) is 61.9 cm³/mol. The second kappa shape index (κ2) is 3.18. The van der Waals surface area contributed by atoms with Crippen molar-refractivity contribution in [1.82, 2.24) is 14.4 Å². The molecule has 84 valence electrons. The van der Waals surface area contributed by atoms with Gasteiger partial charge < -0.3 is 15.2 Å². The number of anilines is 1. The lowest BCUT2D eigenvalue weighted by atomic mass is 10.3. The van der Waals surface area contributed by atoms with Crippen molar-refractivity contribution in [2.75, 3.05) is 5.73 Å². The number of nitrogens with zero attached hydrogens (tertiary/aromatic N) is 3. The highest BCUT2D eigenvalue weighted by atomic mass is 16.4. The van der Waals surface area contributed by atoms with Gasteiger partial charge in [-0.25, -0.2) is 9.78 Å². The molecule has 0 saturated carbocycles. The van der Waals surface area contributed by atoms with Gasteiger partial charge in [-0.1, -0.05) is 0 Å². The Morgan fingerprint density at radius 1 is 1.35 bits per heavy atom. The quantitative estimate of drug-likeness (QED) is 0.651. The number of nitrogen functional groups attached to an aromatic ring is 1. The molecule has 3 aromatic rings. The number of carboxylic acid groups (broad SMARTS) is 1. The Morgan fingerprint density at radius 2 is 2.18 bits per heavy atom. The van der Waals surface area contributed by atoms with Crippen molar-refractivity contribution in [3.05, 3.63) is 36.3 Å². The van der Waals surface area contributed by atoms with Crippen LogP contribution in [0.4, 0.5) is 5.82 Å². The molecule has 0 saturated heterocycles. The van der Waals surface area contributed by atoms with E-state index in [1.165, 1.54) is 12.3 Å². The number of pyridine rings is 1. The van der Waals surface area contributed by atoms with Gasteiger partial charge in [0.2, 0.25) is 0 Å². The summed E-state index contributed by atoms with van der Waals surface area (Å²) in [6, 6.07) is 3.25. The van der Waals surface area contributed by atoms with Crippen LogP contribution in [0.1, 0.15) is 10.4 Å². The van der Waals surface area contributed by atoms with Crippen molar-refractivity contribution in [1.29, 1.82) is 0 Å². The second-order valence-electron chi connectivity index (χ2n) is 3.61. The Hall–Kier alpha value is -2.63. The van der Waals surface area contributed by atoms with E-state index in [1.54, 1.807) is 22.9 Å². The summed E-state index contributed by atoms with van der Waals surface area (Å²) >= 11 is 0. The van der Waals surface area contributed by atoms with Crippen LogP contribution in [0.2, 0.25) is 0 Å². The number of carboxylic acids is 1. The first kappa shape index (κ1) is 9.59. The first-order valence-electron chi connectivity index (χ1n) is 4.92. The maximum absolute atomic E-state index is 11.0. The van der Waals surface area contributed by atoms with E-state index in [0.29, 0.717) is 22.4 Å². The van der Waals surface area contributed by atoms with Crippen LogP contribution in [0.15, 0.2) is 30.7 Å². The molecule has 0 radical (unpaired) electrons. The second-order valence-corrected chi connectivity index (χ2v) is 3.61. The summed E-state index contributed by atoms with van der Waals surface area (Å²) in [5, 5.41) is 9.03. The monoisotopic (exact) mass is 228 g/mol. The third-order valence-corrected chi connectivity index (χ3v) is 2.65. The molecule has 0 bridgehead atoms. The molecule has 17 heavy (non-hydrogen) atoms. The fourth-order valence-electron chi connectivity index (χ4n) is 1.89. The maximum Gasteiger partial charge on any atom is 0.337 e. The third kappa shape index (κ3) is 1.24. The molecule has 0 amide bonds. The lowest BCUT2D eigenvalue weighted by molar-refractivity contribution is 0.0699. The zero-order chi connectivity index (χ0) is 12.0. The molecule has 0 fully saturated rings. The number of rotatable bonds is 1. The molecule has 0 atom stereocenters. The zero-order valence-electron chi connectivity index (χ0n) is 8.66. The lowest BCUT2D eigenvalue weighted by Gasteiger charge is -2.04. The zero-order valence-corrected chi connectivity index (χ0v) is 8.66. The highest BCUT2D eigenvalue weighted by Crippen LogP contribution is 2.21. The molecule has 3 N–H and O–H groups in total. The topological polar surface area (TPSA) is 93.5 Å². The standard InChI is InChI=1S/C11H8N4O2/c12-10-9-7(1-3-13-10)14-5-8-6(11(16)17)2-4-15(8)9/h1-5H,(H2,12,13)(H,16,17). The molecule has 0 aliphatic carbocycles. The van der Waals surface area contributed by atoms with Crippen LogP contribution in [0.5, 0.6) is 0 Å². The summed E-state index contributed by atoms with van der Waals surface area (Å²) in [6.07, 6.45) is 4.74. The molecular formula is C11H8N4O2. The van der Waals surface area contributed by atoms with Gasteiger partial charge in [0, 0.05) is 12.4 Å². The summed E-state index contributed by atoms with van der Waals surface area (Å²) in [5.41, 5.74) is 7.79. The van der Waals surface area contributed by atoms with Gasteiger partial charge in [0.25, 0.3) is 0 Å². The minimum atomic E-state index is -0.990. The first-order valence-corrected chi connectivity index (χ1v) is 4.92. The number of fused-ring (bicyclic) bond motifs is 3. The molecule has 3 aromatic heterocycles. The molecule has 3 rings (SSSR count). The van der Waals surface area contributed by atoms with Crippen molar-refractivity contribution >= 4 is 28.3 Å². The molecule has 0 aliphatic rings. The minimum Gasteiger partial charge on any atom is -0.478 e. The molecule has 6 nitrogen and oxygen atoms in total. The van der Waals surface area contributed by atoms with Crippen molar-refractivity contribution in [3.8, 4) is 0 Å². The minimum absolute atomic E-state index is 0.197. The van der Waals surface area contributed by atoms with E-state index in [2.05, 4.69) is 9.97 Å². The molecule has 3 heterocycles. The fourth-order valence-corrected chi connectivity index (χ4v) is 1.89. The van der Waals surface area contributed by atoms with Crippen LogP contribution < -0.4 is 5.73 Å². The molecule has 0 spiro atoms. The van der Waals surface area contributed by atoms with Crippen LogP contribution in [0.3, 0.4) is 0 Å². The number of carbonyl (C=O) groups is 1. The van der Waals surface area contributed by atoms with Crippen LogP contribution in [-0.2, 0) is 0 Å². The first-order chi connectivity index (χ1) is 8.18. The van der Waals surface area contributed by atoms with Gasteiger partial charge in [-0.15, -0.1) is 0 Å². The van der Waals surface area contributed by atoms with Gasteiger partial charge in [-0.05, 0) is 12.1 Å². The molecule has 0 unspecified atom stereocenters. The Labute approximate surface area is 95.3 Å². The Balaban J connectivity index is 2.53. The summed E-state index contributed by atoms with van der Waals surface area (Å²) in [5.74, 6) is -0.663. The highest BCUT2D eigenvalue weighted by Gasteiger charge is 2.13. The van der Waals surface area contributed by atoms with E-state index in [4.69, 9.17) is 10.8 Å². The maximum atomic E-state index is 11.0. The SMILES string of the molecule is Nc1nccc2ncc3c(C(=O)O)ccn3c12. The largest absolute Gasteiger partial charge is 0.478 e. The fraction of sp³-hybridized carbons (Fsp3) is 0. The average Bonchev–Trinajstić information content (AvgIpc) is 2.72. The number of aromatic carboxylic acids is 1. The van der Waals surface area contributed by atoms with Gasteiger partial charge in [-0.2, -0.15) is 0 Å². The molecule has 6 heteroatoms. The van der Waals surface area contributed by atoms with Crippen molar-refractivity contribution in [2.24, 2.45) is 0 Å². The van der Waals surface area contributed by atoms with E-state index in [0.717, 1.165) is 0 Å². The Morgan fingerprint density at radius 3 is 2.94 bits per heavy atom. The summed E-state index contributed by atoms with van der Waals surface area (Å²) in [6.45, 7) is 0. The van der Waals surface area contributed by atoms with E-state index in [9.17, 15) is 4.79 Å². The number of nitrogens with two attached hydrogens (primary N) is 1. The normalized spacial score (nSPS) is 11.1. The van der Waals surface area contributed by atoms with Crippen molar-refractivity contribution in [2.45, 2.75) is 0 Å². The lowest BCUT2D eigenvalue weighted by Crippen LogP contribution is -2.00. The highest BCUT2D eigenvalue weighted by molar-refractivity contribution is 5.98. The van der Waals surface area contributed by atoms with Crippen LogP contribution >= 0.6 is 0 Å². The third-order valence-electron chi connectivity index (χ3n) is 2.65. The average molecular weight is 228 g/mol. The number of aromatic nitrogens is 3. The van der Waals surface area contributed by atoms with Crippen LogP contribution in [0.25, 0.3) is 16.6 Å². The number of hydrogen-bond acceptors (Lipinski definition) is 4. The van der Waals surface area contributed by atoms with Crippen LogP contribution in [-0.4, -0.2) is 25.4 Å². The van der Waals surface area contributed by atoms with Gasteiger partial charge in [0.05, 0.1) is 22.8 Å². The van der Waals surface area contributed by atoms with E-state index < -0.39 is 5.97 Å². The van der Waals surface area contributed by atoms with Gasteiger partial charge in [0.15, 0.2) is 0 Å². The summed E-state index contributed by atoms with van der Waals surface area (Å²) in [7, 11) is 0. The van der Waals surface area contributed by atoms with Crippen molar-refractivity contribution in [3.63, 3.8) is 0 Å². The summed E-state index contributed by atoms with van der Waals surface area (Å²) < 4.78 is 1.69. The predicted octanol–water partition coefficient (Wildman–Crippen LogP) is 1.16. The molecular weight excluding hydrogens is 220 g/mol. The van der Waals surface area contributed by atoms with Crippen LogP contribution in [0, 0.1) is 0 Å². The van der Waals surface area contributed by atoms with Gasteiger partial charge in [0.1, 0.15) is 11.3 Å². The Bertz CT molecular complexity index is 748. The van der Waals surface area contributed by atoms with Gasteiger partial charge >= 0.3 is 5.97 Å². The Kier molecular flexibility index (Phi) is 1.79. The summed E-state index contributed by atoms with van der Waals surface area (Å²) in [4.78, 5) is 19.2. The smallest absolute Gasteiger partial charge is 0.337 e. The van der Waals surface area contributed by atoms with Crippen molar-refractivity contribution < 1.29 is 9.90 Å². The molecule has 0 aromatic carbocycles. The molecule has 0 aliphatic heterocycles. The van der Waals surface area contributed by atoms with E-state index >= 15 is 0 Å². The van der Waals surface area contributed by atoms with Gasteiger partial charge in [-0.3, -0.25) is 4.98 Å².